The summed E-state index contributed by atoms with van der Waals surface area (Å²) in [7, 11) is 0. The summed E-state index contributed by atoms with van der Waals surface area (Å²) in [5, 5.41) is 13.7. The molecular formula is C21H14ClN3O4. The number of nitro groups is 1. The minimum Gasteiger partial charge on any atom is -0.436 e. The van der Waals surface area contributed by atoms with Crippen LogP contribution in [0.3, 0.4) is 0 Å². The molecule has 1 N–H and O–H groups in total. The number of nitrogens with one attached hydrogen (secondary N) is 1. The SMILES string of the molecule is Cc1ccccc1-c1nc2cc(NC(=O)c3ccc(Cl)c([N+](=O)[O-])c3)ccc2o1. The van der Waals surface area contributed by atoms with Crippen molar-refractivity contribution in [3.63, 3.8) is 0 Å². The quantitative estimate of drug-likeness (QED) is 0.350. The Morgan fingerprint density at radius 3 is 2.69 bits per heavy atom. The Morgan fingerprint density at radius 1 is 1.14 bits per heavy atom. The van der Waals surface area contributed by atoms with Crippen LogP contribution in [0.15, 0.2) is 65.1 Å². The first-order chi connectivity index (χ1) is 13.9. The van der Waals surface area contributed by atoms with E-state index in [1.165, 1.54) is 12.1 Å². The zero-order valence-electron chi connectivity index (χ0n) is 15.2. The number of nitro benzene ring substituents is 1. The molecule has 0 saturated carbocycles. The second kappa shape index (κ2) is 7.37. The number of amides is 1. The molecule has 0 bridgehead atoms. The third-order valence-corrected chi connectivity index (χ3v) is 4.75. The Labute approximate surface area is 170 Å². The van der Waals surface area contributed by atoms with E-state index < -0.39 is 10.8 Å². The highest BCUT2D eigenvalue weighted by Crippen LogP contribution is 2.29. The van der Waals surface area contributed by atoms with Gasteiger partial charge in [-0.25, -0.2) is 4.98 Å². The number of halogens is 1. The summed E-state index contributed by atoms with van der Waals surface area (Å²) in [6, 6.07) is 16.7. The van der Waals surface area contributed by atoms with E-state index in [0.29, 0.717) is 22.7 Å². The van der Waals surface area contributed by atoms with Crippen molar-refractivity contribution >= 4 is 40.0 Å². The van der Waals surface area contributed by atoms with E-state index in [2.05, 4.69) is 10.3 Å². The first-order valence-electron chi connectivity index (χ1n) is 8.64. The lowest BCUT2D eigenvalue weighted by molar-refractivity contribution is -0.384. The number of fused-ring (bicyclic) bond motifs is 1. The van der Waals surface area contributed by atoms with Crippen LogP contribution < -0.4 is 5.32 Å². The molecule has 0 aliphatic rings. The number of anilines is 1. The molecule has 1 aromatic heterocycles. The summed E-state index contributed by atoms with van der Waals surface area (Å²) < 4.78 is 5.82. The van der Waals surface area contributed by atoms with E-state index in [0.717, 1.165) is 17.2 Å². The van der Waals surface area contributed by atoms with Gasteiger partial charge in [0.1, 0.15) is 10.5 Å². The van der Waals surface area contributed by atoms with Gasteiger partial charge < -0.3 is 9.73 Å². The first kappa shape index (κ1) is 18.6. The minimum atomic E-state index is -0.631. The molecule has 0 saturated heterocycles. The number of benzene rings is 3. The molecule has 3 aromatic carbocycles. The molecular weight excluding hydrogens is 394 g/mol. The van der Waals surface area contributed by atoms with Gasteiger partial charge in [-0.2, -0.15) is 0 Å². The molecule has 8 heteroatoms. The van der Waals surface area contributed by atoms with Crippen molar-refractivity contribution in [1.29, 1.82) is 0 Å². The molecule has 4 rings (SSSR count). The Morgan fingerprint density at radius 2 is 1.93 bits per heavy atom. The lowest BCUT2D eigenvalue weighted by Crippen LogP contribution is -2.12. The van der Waals surface area contributed by atoms with Crippen molar-refractivity contribution in [3.8, 4) is 11.5 Å². The third kappa shape index (κ3) is 3.68. The number of oxazole rings is 1. The lowest BCUT2D eigenvalue weighted by atomic mass is 10.1. The Balaban J connectivity index is 1.62. The predicted molar refractivity (Wildman–Crippen MR) is 110 cm³/mol. The molecule has 144 valence electrons. The average Bonchev–Trinajstić information content (AvgIpc) is 3.11. The van der Waals surface area contributed by atoms with E-state index in [9.17, 15) is 14.9 Å². The van der Waals surface area contributed by atoms with E-state index >= 15 is 0 Å². The van der Waals surface area contributed by atoms with Gasteiger partial charge in [0.05, 0.1) is 4.92 Å². The number of aryl methyl sites for hydroxylation is 1. The minimum absolute atomic E-state index is 0.0284. The molecule has 29 heavy (non-hydrogen) atoms. The summed E-state index contributed by atoms with van der Waals surface area (Å²) in [5.41, 5.74) is 3.40. The maximum atomic E-state index is 12.5. The van der Waals surface area contributed by atoms with Gasteiger partial charge in [-0.15, -0.1) is 0 Å². The molecule has 0 atom stereocenters. The zero-order valence-corrected chi connectivity index (χ0v) is 15.9. The number of rotatable bonds is 4. The van der Waals surface area contributed by atoms with Gasteiger partial charge in [0.25, 0.3) is 11.6 Å². The molecule has 0 unspecified atom stereocenters. The van der Waals surface area contributed by atoms with Crippen LogP contribution in [-0.2, 0) is 0 Å². The second-order valence-corrected chi connectivity index (χ2v) is 6.80. The van der Waals surface area contributed by atoms with Gasteiger partial charge in [-0.1, -0.05) is 29.8 Å². The summed E-state index contributed by atoms with van der Waals surface area (Å²) in [6.45, 7) is 1.97. The monoisotopic (exact) mass is 407 g/mol. The number of carbonyl (C=O) groups is 1. The number of carbonyl (C=O) groups excluding carboxylic acids is 1. The molecule has 0 aliphatic heterocycles. The van der Waals surface area contributed by atoms with Crippen molar-refractivity contribution < 1.29 is 14.1 Å². The van der Waals surface area contributed by atoms with Crippen molar-refractivity contribution in [2.45, 2.75) is 6.92 Å². The van der Waals surface area contributed by atoms with Crippen molar-refractivity contribution in [1.82, 2.24) is 4.98 Å². The van der Waals surface area contributed by atoms with Crippen LogP contribution in [0.1, 0.15) is 15.9 Å². The molecule has 1 heterocycles. The largest absolute Gasteiger partial charge is 0.436 e. The van der Waals surface area contributed by atoms with Crippen LogP contribution in [0.25, 0.3) is 22.6 Å². The fraction of sp³-hybridized carbons (Fsp3) is 0.0476. The van der Waals surface area contributed by atoms with Crippen LogP contribution in [0.5, 0.6) is 0 Å². The first-order valence-corrected chi connectivity index (χ1v) is 9.02. The Bertz CT molecular complexity index is 1270. The van der Waals surface area contributed by atoms with Crippen molar-refractivity contribution in [2.24, 2.45) is 0 Å². The highest BCUT2D eigenvalue weighted by Gasteiger charge is 2.17. The topological polar surface area (TPSA) is 98.3 Å². The number of hydrogen-bond acceptors (Lipinski definition) is 5. The molecule has 0 spiro atoms. The highest BCUT2D eigenvalue weighted by molar-refractivity contribution is 6.32. The van der Waals surface area contributed by atoms with Gasteiger partial charge in [0, 0.05) is 22.9 Å². The van der Waals surface area contributed by atoms with E-state index in [4.69, 9.17) is 16.0 Å². The van der Waals surface area contributed by atoms with Crippen LogP contribution in [0.4, 0.5) is 11.4 Å². The molecule has 0 fully saturated rings. The Kier molecular flexibility index (Phi) is 4.74. The van der Waals surface area contributed by atoms with Crippen LogP contribution in [-0.4, -0.2) is 15.8 Å². The lowest BCUT2D eigenvalue weighted by Gasteiger charge is -2.05. The fourth-order valence-corrected chi connectivity index (χ4v) is 3.12. The third-order valence-electron chi connectivity index (χ3n) is 4.43. The number of hydrogen-bond donors (Lipinski definition) is 1. The second-order valence-electron chi connectivity index (χ2n) is 6.39. The van der Waals surface area contributed by atoms with Gasteiger partial charge in [0.2, 0.25) is 5.89 Å². The summed E-state index contributed by atoms with van der Waals surface area (Å²) in [5.74, 6) is 0.00152. The standard InChI is InChI=1S/C21H14ClN3O4/c1-12-4-2-3-5-15(12)21-24-17-11-14(7-9-19(17)29-21)23-20(26)13-6-8-16(22)18(10-13)25(27)28/h2-11H,1H3,(H,23,26). The van der Waals surface area contributed by atoms with Crippen LogP contribution in [0.2, 0.25) is 5.02 Å². The molecule has 4 aromatic rings. The molecule has 7 nitrogen and oxygen atoms in total. The smallest absolute Gasteiger partial charge is 0.288 e. The maximum absolute atomic E-state index is 12.5. The number of nitrogens with zero attached hydrogens (tertiary/aromatic N) is 2. The van der Waals surface area contributed by atoms with Gasteiger partial charge in [-0.05, 0) is 48.9 Å². The zero-order chi connectivity index (χ0) is 20.5. The van der Waals surface area contributed by atoms with E-state index in [1.807, 2.05) is 31.2 Å². The summed E-state index contributed by atoms with van der Waals surface area (Å²) in [4.78, 5) is 27.4. The van der Waals surface area contributed by atoms with Gasteiger partial charge >= 0.3 is 0 Å². The predicted octanol–water partition coefficient (Wildman–Crippen LogP) is 5.62. The van der Waals surface area contributed by atoms with Crippen LogP contribution in [0, 0.1) is 17.0 Å². The van der Waals surface area contributed by atoms with Crippen molar-refractivity contribution in [2.75, 3.05) is 5.32 Å². The fourth-order valence-electron chi connectivity index (χ4n) is 2.93. The summed E-state index contributed by atoms with van der Waals surface area (Å²) >= 11 is 5.79. The normalized spacial score (nSPS) is 10.8. The molecule has 0 radical (unpaired) electrons. The van der Waals surface area contributed by atoms with Crippen molar-refractivity contribution in [3.05, 3.63) is 86.9 Å². The molecule has 0 aliphatic carbocycles. The number of aromatic nitrogens is 1. The van der Waals surface area contributed by atoms with Gasteiger partial charge in [-0.3, -0.25) is 14.9 Å². The summed E-state index contributed by atoms with van der Waals surface area (Å²) in [6.07, 6.45) is 0. The average molecular weight is 408 g/mol. The van der Waals surface area contributed by atoms with E-state index in [1.54, 1.807) is 18.2 Å². The van der Waals surface area contributed by atoms with Gasteiger partial charge in [0.15, 0.2) is 5.58 Å². The van der Waals surface area contributed by atoms with Crippen LogP contribution >= 0.6 is 11.6 Å². The highest BCUT2D eigenvalue weighted by atomic mass is 35.5. The maximum Gasteiger partial charge on any atom is 0.288 e. The van der Waals surface area contributed by atoms with E-state index in [-0.39, 0.29) is 16.3 Å². The Hall–Kier alpha value is -3.71. The molecule has 1 amide bonds.